The molecular formula is C32H46O4. The van der Waals surface area contributed by atoms with E-state index in [1.165, 1.54) is 5.56 Å². The molecule has 0 amide bonds. The Kier molecular flexibility index (Phi) is 14.4. The molecule has 4 nitrogen and oxygen atoms in total. The molecule has 0 saturated carbocycles. The molecule has 0 fully saturated rings. The van der Waals surface area contributed by atoms with Gasteiger partial charge in [-0.3, -0.25) is 4.79 Å². The van der Waals surface area contributed by atoms with Gasteiger partial charge in [0, 0.05) is 5.56 Å². The van der Waals surface area contributed by atoms with Gasteiger partial charge in [0.05, 0.1) is 25.4 Å². The molecule has 0 radical (unpaired) electrons. The maximum atomic E-state index is 13.4. The lowest BCUT2D eigenvalue weighted by Crippen LogP contribution is -2.07. The molecule has 4 heteroatoms. The minimum Gasteiger partial charge on any atom is -0.493 e. The molecule has 0 aliphatic heterocycles. The monoisotopic (exact) mass is 494 g/mol. The lowest BCUT2D eigenvalue weighted by atomic mass is 10.0. The summed E-state index contributed by atoms with van der Waals surface area (Å²) >= 11 is 0. The average molecular weight is 495 g/mol. The highest BCUT2D eigenvalue weighted by Gasteiger charge is 2.16. The van der Waals surface area contributed by atoms with E-state index in [9.17, 15) is 4.79 Å². The highest BCUT2D eigenvalue weighted by Crippen LogP contribution is 2.33. The molecule has 0 aliphatic carbocycles. The van der Waals surface area contributed by atoms with Crippen LogP contribution in [-0.2, 0) is 6.42 Å². The van der Waals surface area contributed by atoms with E-state index in [0.717, 1.165) is 75.5 Å². The molecule has 2 rings (SSSR count). The van der Waals surface area contributed by atoms with Crippen molar-refractivity contribution in [3.8, 4) is 17.2 Å². The summed E-state index contributed by atoms with van der Waals surface area (Å²) in [6.45, 7) is 10.5. The first-order valence-electron chi connectivity index (χ1n) is 14.0. The van der Waals surface area contributed by atoms with E-state index in [2.05, 4.69) is 39.8 Å². The number of ketones is 1. The second kappa shape index (κ2) is 17.6. The zero-order chi connectivity index (χ0) is 26.0. The largest absolute Gasteiger partial charge is 0.493 e. The van der Waals surface area contributed by atoms with Gasteiger partial charge in [-0.2, -0.15) is 0 Å². The fourth-order valence-electron chi connectivity index (χ4n) is 3.90. The highest BCUT2D eigenvalue weighted by atomic mass is 16.5. The summed E-state index contributed by atoms with van der Waals surface area (Å²) in [6.07, 6.45) is 14.2. The molecule has 198 valence electrons. The second-order valence-corrected chi connectivity index (χ2v) is 9.22. The Morgan fingerprint density at radius 1 is 0.722 bits per heavy atom. The van der Waals surface area contributed by atoms with Crippen molar-refractivity contribution < 1.29 is 19.0 Å². The number of unbranched alkanes of at least 4 members (excludes halogenated alkanes) is 6. The molecule has 0 N–H and O–H groups in total. The van der Waals surface area contributed by atoms with Crippen molar-refractivity contribution in [2.75, 3.05) is 19.8 Å². The molecular weight excluding hydrogens is 448 g/mol. The van der Waals surface area contributed by atoms with Gasteiger partial charge in [-0.25, -0.2) is 0 Å². The summed E-state index contributed by atoms with van der Waals surface area (Å²) in [4.78, 5) is 13.4. The van der Waals surface area contributed by atoms with Gasteiger partial charge >= 0.3 is 0 Å². The van der Waals surface area contributed by atoms with Crippen molar-refractivity contribution in [2.45, 2.75) is 91.9 Å². The third-order valence-corrected chi connectivity index (χ3v) is 6.15. The molecule has 0 heterocycles. The van der Waals surface area contributed by atoms with Crippen molar-refractivity contribution in [3.63, 3.8) is 0 Å². The van der Waals surface area contributed by atoms with Crippen LogP contribution < -0.4 is 14.2 Å². The minimum atomic E-state index is -0.0988. The minimum absolute atomic E-state index is 0.0988. The number of para-hydroxylation sites is 1. The number of benzene rings is 2. The van der Waals surface area contributed by atoms with Crippen LogP contribution in [0.3, 0.4) is 0 Å². The van der Waals surface area contributed by atoms with Gasteiger partial charge in [-0.05, 0) is 67.7 Å². The van der Waals surface area contributed by atoms with Gasteiger partial charge in [0.2, 0.25) is 0 Å². The van der Waals surface area contributed by atoms with Crippen LogP contribution >= 0.6 is 0 Å². The van der Waals surface area contributed by atoms with E-state index in [0.29, 0.717) is 36.9 Å². The van der Waals surface area contributed by atoms with Gasteiger partial charge in [0.25, 0.3) is 0 Å². The lowest BCUT2D eigenvalue weighted by Gasteiger charge is -2.15. The molecule has 0 bridgehead atoms. The molecule has 0 atom stereocenters. The van der Waals surface area contributed by atoms with Gasteiger partial charge in [-0.15, -0.1) is 0 Å². The molecule has 0 saturated heterocycles. The summed E-state index contributed by atoms with van der Waals surface area (Å²) in [6, 6.07) is 11.8. The standard InChI is InChI=1S/C32H46O4/c1-5-9-12-22-34-30-21-18-26(8-4)25-27(30)19-20-29(33)28-16-15-17-31(35-23-13-10-6-2)32(28)36-24-14-11-7-3/h15-21,25H,5-14,22-24H2,1-4H3. The summed E-state index contributed by atoms with van der Waals surface area (Å²) in [7, 11) is 0. The number of hydrogen-bond acceptors (Lipinski definition) is 4. The van der Waals surface area contributed by atoms with E-state index >= 15 is 0 Å². The van der Waals surface area contributed by atoms with E-state index in [-0.39, 0.29) is 5.78 Å². The molecule has 36 heavy (non-hydrogen) atoms. The lowest BCUT2D eigenvalue weighted by molar-refractivity contribution is 0.104. The zero-order valence-electron chi connectivity index (χ0n) is 22.9. The fraction of sp³-hybridized carbons (Fsp3) is 0.531. The number of rotatable bonds is 19. The Labute approximate surface area is 219 Å². The van der Waals surface area contributed by atoms with Crippen LogP contribution in [0.15, 0.2) is 42.5 Å². The molecule has 0 unspecified atom stereocenters. The number of carbonyl (C=O) groups excluding carboxylic acids is 1. The second-order valence-electron chi connectivity index (χ2n) is 9.22. The normalized spacial score (nSPS) is 11.1. The third kappa shape index (κ3) is 10.1. The maximum absolute atomic E-state index is 13.4. The average Bonchev–Trinajstić information content (AvgIpc) is 2.90. The SMILES string of the molecule is CCCCCOc1ccc(CC)cc1C=CC(=O)c1cccc(OCCCCC)c1OCCCCC. The van der Waals surface area contributed by atoms with E-state index in [1.54, 1.807) is 6.08 Å². The van der Waals surface area contributed by atoms with Crippen LogP contribution in [0.5, 0.6) is 17.2 Å². The first-order chi connectivity index (χ1) is 17.6. The van der Waals surface area contributed by atoms with E-state index < -0.39 is 0 Å². The van der Waals surface area contributed by atoms with Gasteiger partial charge in [0.1, 0.15) is 5.75 Å². The van der Waals surface area contributed by atoms with Crippen molar-refractivity contribution in [1.82, 2.24) is 0 Å². The summed E-state index contributed by atoms with van der Waals surface area (Å²) in [5.41, 5.74) is 2.68. The van der Waals surface area contributed by atoms with Crippen molar-refractivity contribution >= 4 is 11.9 Å². The number of allylic oxidation sites excluding steroid dienone is 1. The quantitative estimate of drug-likeness (QED) is 0.111. The number of carbonyl (C=O) groups is 1. The maximum Gasteiger partial charge on any atom is 0.189 e. The zero-order valence-corrected chi connectivity index (χ0v) is 22.9. The smallest absolute Gasteiger partial charge is 0.189 e. The van der Waals surface area contributed by atoms with Gasteiger partial charge in [-0.1, -0.05) is 78.4 Å². The summed E-state index contributed by atoms with van der Waals surface area (Å²) in [5, 5.41) is 0. The van der Waals surface area contributed by atoms with Crippen LogP contribution in [0, 0.1) is 0 Å². The first-order valence-corrected chi connectivity index (χ1v) is 14.0. The third-order valence-electron chi connectivity index (χ3n) is 6.15. The summed E-state index contributed by atoms with van der Waals surface area (Å²) in [5.74, 6) is 1.92. The van der Waals surface area contributed by atoms with Crippen LogP contribution in [0.1, 0.15) is 107 Å². The Balaban J connectivity index is 2.25. The fourth-order valence-corrected chi connectivity index (χ4v) is 3.90. The van der Waals surface area contributed by atoms with Crippen molar-refractivity contribution in [3.05, 3.63) is 59.2 Å². The topological polar surface area (TPSA) is 44.8 Å². The molecule has 2 aromatic carbocycles. The van der Waals surface area contributed by atoms with Gasteiger partial charge in [0.15, 0.2) is 17.3 Å². The van der Waals surface area contributed by atoms with Crippen LogP contribution in [0.25, 0.3) is 6.08 Å². The summed E-state index contributed by atoms with van der Waals surface area (Å²) < 4.78 is 18.2. The van der Waals surface area contributed by atoms with E-state index in [4.69, 9.17) is 14.2 Å². The van der Waals surface area contributed by atoms with Crippen LogP contribution in [-0.4, -0.2) is 25.6 Å². The Bertz CT molecular complexity index is 932. The molecule has 0 aliphatic rings. The number of ether oxygens (including phenoxy) is 3. The Hall–Kier alpha value is -2.75. The van der Waals surface area contributed by atoms with E-state index in [1.807, 2.05) is 30.3 Å². The van der Waals surface area contributed by atoms with Crippen LogP contribution in [0.2, 0.25) is 0 Å². The Morgan fingerprint density at radius 3 is 1.94 bits per heavy atom. The predicted octanol–water partition coefficient (Wildman–Crippen LogP) is 8.85. The Morgan fingerprint density at radius 2 is 1.33 bits per heavy atom. The van der Waals surface area contributed by atoms with Crippen molar-refractivity contribution in [2.24, 2.45) is 0 Å². The molecule has 2 aromatic rings. The molecule has 0 spiro atoms. The predicted molar refractivity (Wildman–Crippen MR) is 151 cm³/mol. The first kappa shape index (κ1) is 29.5. The number of hydrogen-bond donors (Lipinski definition) is 0. The molecule has 0 aromatic heterocycles. The number of aryl methyl sites for hydroxylation is 1. The highest BCUT2D eigenvalue weighted by molar-refractivity contribution is 6.09. The van der Waals surface area contributed by atoms with Crippen LogP contribution in [0.4, 0.5) is 0 Å². The van der Waals surface area contributed by atoms with Gasteiger partial charge < -0.3 is 14.2 Å². The van der Waals surface area contributed by atoms with Crippen molar-refractivity contribution in [1.29, 1.82) is 0 Å².